The zero-order valence-electron chi connectivity index (χ0n) is 17.1. The fraction of sp³-hybridized carbons (Fsp3) is 0.200. The summed E-state index contributed by atoms with van der Waals surface area (Å²) in [5, 5.41) is 2.98. The number of aryl methyl sites for hydroxylation is 2. The van der Waals surface area contributed by atoms with Crippen LogP contribution in [0.5, 0.6) is 5.75 Å². The molecule has 1 heterocycles. The third-order valence-corrected chi connectivity index (χ3v) is 5.58. The number of carbonyl (C=O) groups excluding carboxylic acids is 2. The molecule has 1 fully saturated rings. The second-order valence-corrected chi connectivity index (χ2v) is 7.46. The van der Waals surface area contributed by atoms with Crippen molar-refractivity contribution in [2.45, 2.75) is 19.4 Å². The van der Waals surface area contributed by atoms with Crippen LogP contribution in [-0.2, 0) is 10.3 Å². The van der Waals surface area contributed by atoms with Crippen molar-refractivity contribution in [1.82, 2.24) is 10.2 Å². The van der Waals surface area contributed by atoms with Crippen molar-refractivity contribution in [3.8, 4) is 5.75 Å². The maximum Gasteiger partial charge on any atom is 0.325 e. The molecular formula is C25H24N2O3. The van der Waals surface area contributed by atoms with Crippen LogP contribution in [0.25, 0.3) is 0 Å². The van der Waals surface area contributed by atoms with Crippen molar-refractivity contribution in [1.29, 1.82) is 0 Å². The molecule has 1 aliphatic heterocycles. The molecule has 1 N–H and O–H groups in total. The van der Waals surface area contributed by atoms with Gasteiger partial charge in [0.05, 0.1) is 6.54 Å². The van der Waals surface area contributed by atoms with Crippen molar-refractivity contribution < 1.29 is 14.3 Å². The number of carbonyl (C=O) groups is 2. The predicted molar refractivity (Wildman–Crippen MR) is 115 cm³/mol. The predicted octanol–water partition coefficient (Wildman–Crippen LogP) is 4.18. The van der Waals surface area contributed by atoms with Gasteiger partial charge in [-0.1, -0.05) is 66.7 Å². The summed E-state index contributed by atoms with van der Waals surface area (Å²) in [4.78, 5) is 27.8. The maximum atomic E-state index is 13.7. The minimum Gasteiger partial charge on any atom is -0.492 e. The first kappa shape index (κ1) is 19.7. The fourth-order valence-corrected chi connectivity index (χ4v) is 3.77. The number of amides is 3. The largest absolute Gasteiger partial charge is 0.492 e. The maximum absolute atomic E-state index is 13.7. The summed E-state index contributed by atoms with van der Waals surface area (Å²) in [5.41, 5.74) is 2.44. The van der Waals surface area contributed by atoms with Gasteiger partial charge in [0.25, 0.3) is 5.91 Å². The van der Waals surface area contributed by atoms with Crippen LogP contribution in [0.4, 0.5) is 4.79 Å². The molecule has 5 heteroatoms. The number of ether oxygens (including phenoxy) is 1. The second kappa shape index (κ2) is 8.03. The lowest BCUT2D eigenvalue weighted by Crippen LogP contribution is -2.45. The van der Waals surface area contributed by atoms with Crippen LogP contribution in [0.1, 0.15) is 22.3 Å². The first-order valence-corrected chi connectivity index (χ1v) is 9.97. The first-order chi connectivity index (χ1) is 14.5. The van der Waals surface area contributed by atoms with Gasteiger partial charge in [-0.15, -0.1) is 0 Å². The van der Waals surface area contributed by atoms with Gasteiger partial charge in [0, 0.05) is 0 Å². The molecule has 1 aliphatic rings. The Kier molecular flexibility index (Phi) is 5.27. The van der Waals surface area contributed by atoms with E-state index >= 15 is 0 Å². The standard InChI is InChI=1S/C25H24N2O3/c1-18-13-14-21(17-19(18)2)25(20-9-5-3-6-10-20)23(28)27(24(29)26-25)15-16-30-22-11-7-4-8-12-22/h3-14,17H,15-16H2,1-2H3,(H,26,29)/t25-/m1/s1. The van der Waals surface area contributed by atoms with E-state index < -0.39 is 11.6 Å². The lowest BCUT2D eigenvalue weighted by molar-refractivity contribution is -0.130. The van der Waals surface area contributed by atoms with E-state index in [4.69, 9.17) is 4.74 Å². The van der Waals surface area contributed by atoms with Gasteiger partial charge in [0.15, 0.2) is 5.54 Å². The normalized spacial score (nSPS) is 18.4. The van der Waals surface area contributed by atoms with Gasteiger partial charge < -0.3 is 10.1 Å². The molecule has 0 spiro atoms. The van der Waals surface area contributed by atoms with Gasteiger partial charge in [-0.3, -0.25) is 9.69 Å². The van der Waals surface area contributed by atoms with Gasteiger partial charge in [0.1, 0.15) is 12.4 Å². The molecule has 0 unspecified atom stereocenters. The Hall–Kier alpha value is -3.60. The van der Waals surface area contributed by atoms with E-state index in [-0.39, 0.29) is 19.1 Å². The van der Waals surface area contributed by atoms with Gasteiger partial charge in [-0.05, 0) is 48.2 Å². The molecule has 0 bridgehead atoms. The third-order valence-electron chi connectivity index (χ3n) is 5.58. The van der Waals surface area contributed by atoms with Crippen LogP contribution in [0.15, 0.2) is 78.9 Å². The molecule has 5 nitrogen and oxygen atoms in total. The van der Waals surface area contributed by atoms with E-state index in [1.807, 2.05) is 92.7 Å². The Morgan fingerprint density at radius 2 is 1.50 bits per heavy atom. The Morgan fingerprint density at radius 1 is 0.833 bits per heavy atom. The SMILES string of the molecule is Cc1ccc([C@@]2(c3ccccc3)NC(=O)N(CCOc3ccccc3)C2=O)cc1C. The van der Waals surface area contributed by atoms with Crippen LogP contribution >= 0.6 is 0 Å². The second-order valence-electron chi connectivity index (χ2n) is 7.46. The molecule has 3 amide bonds. The molecule has 0 aromatic heterocycles. The highest BCUT2D eigenvalue weighted by Gasteiger charge is 2.53. The molecular weight excluding hydrogens is 376 g/mol. The van der Waals surface area contributed by atoms with Crippen molar-refractivity contribution in [2.75, 3.05) is 13.2 Å². The minimum absolute atomic E-state index is 0.166. The number of benzene rings is 3. The number of hydrogen-bond acceptors (Lipinski definition) is 3. The zero-order valence-corrected chi connectivity index (χ0v) is 17.1. The Labute approximate surface area is 176 Å². The molecule has 0 aliphatic carbocycles. The highest BCUT2D eigenvalue weighted by Crippen LogP contribution is 2.36. The van der Waals surface area contributed by atoms with Crippen LogP contribution in [-0.4, -0.2) is 30.0 Å². The van der Waals surface area contributed by atoms with Crippen LogP contribution in [0.2, 0.25) is 0 Å². The lowest BCUT2D eigenvalue weighted by atomic mass is 9.81. The third kappa shape index (κ3) is 3.43. The number of nitrogens with one attached hydrogen (secondary N) is 1. The van der Waals surface area contributed by atoms with Crippen molar-refractivity contribution in [3.63, 3.8) is 0 Å². The Morgan fingerprint density at radius 3 is 2.17 bits per heavy atom. The molecule has 3 aromatic carbocycles. The quantitative estimate of drug-likeness (QED) is 0.632. The van der Waals surface area contributed by atoms with Gasteiger partial charge in [-0.2, -0.15) is 0 Å². The summed E-state index contributed by atoms with van der Waals surface area (Å²) in [6, 6.07) is 24.2. The molecule has 1 atom stereocenters. The minimum atomic E-state index is -1.25. The number of hydrogen-bond donors (Lipinski definition) is 1. The molecule has 1 saturated heterocycles. The summed E-state index contributed by atoms with van der Waals surface area (Å²) in [7, 11) is 0. The molecule has 30 heavy (non-hydrogen) atoms. The van der Waals surface area contributed by atoms with Gasteiger partial charge in [-0.25, -0.2) is 4.79 Å². The summed E-state index contributed by atoms with van der Waals surface area (Å²) >= 11 is 0. The number of imide groups is 1. The Balaban J connectivity index is 1.66. The average Bonchev–Trinajstić information content (AvgIpc) is 3.02. The van der Waals surface area contributed by atoms with Crippen molar-refractivity contribution >= 4 is 11.9 Å². The summed E-state index contributed by atoms with van der Waals surface area (Å²) in [5.74, 6) is 0.409. The monoisotopic (exact) mass is 400 g/mol. The van der Waals surface area contributed by atoms with Crippen LogP contribution < -0.4 is 10.1 Å². The van der Waals surface area contributed by atoms with E-state index in [1.54, 1.807) is 0 Å². The fourth-order valence-electron chi connectivity index (χ4n) is 3.77. The number of urea groups is 1. The summed E-state index contributed by atoms with van der Waals surface area (Å²) in [6.45, 7) is 4.42. The smallest absolute Gasteiger partial charge is 0.325 e. The summed E-state index contributed by atoms with van der Waals surface area (Å²) in [6.07, 6.45) is 0. The van der Waals surface area contributed by atoms with E-state index in [9.17, 15) is 9.59 Å². The number of rotatable bonds is 6. The molecule has 0 radical (unpaired) electrons. The molecule has 0 saturated carbocycles. The highest BCUT2D eigenvalue weighted by molar-refractivity contribution is 6.09. The molecule has 152 valence electrons. The Bertz CT molecular complexity index is 1070. The van der Waals surface area contributed by atoms with E-state index in [0.29, 0.717) is 5.75 Å². The van der Waals surface area contributed by atoms with Crippen molar-refractivity contribution in [2.24, 2.45) is 0 Å². The topological polar surface area (TPSA) is 58.6 Å². The number of para-hydroxylation sites is 1. The van der Waals surface area contributed by atoms with E-state index in [0.717, 1.165) is 22.3 Å². The van der Waals surface area contributed by atoms with Crippen LogP contribution in [0, 0.1) is 13.8 Å². The number of nitrogens with zero attached hydrogens (tertiary/aromatic N) is 1. The molecule has 4 rings (SSSR count). The van der Waals surface area contributed by atoms with E-state index in [2.05, 4.69) is 5.32 Å². The highest BCUT2D eigenvalue weighted by atomic mass is 16.5. The summed E-state index contributed by atoms with van der Waals surface area (Å²) < 4.78 is 5.71. The first-order valence-electron chi connectivity index (χ1n) is 9.97. The van der Waals surface area contributed by atoms with Gasteiger partial charge in [0.2, 0.25) is 0 Å². The van der Waals surface area contributed by atoms with Gasteiger partial charge >= 0.3 is 6.03 Å². The van der Waals surface area contributed by atoms with Crippen LogP contribution in [0.3, 0.4) is 0 Å². The molecule has 3 aromatic rings. The lowest BCUT2D eigenvalue weighted by Gasteiger charge is -2.28. The average molecular weight is 400 g/mol. The zero-order chi connectivity index (χ0) is 21.1. The van der Waals surface area contributed by atoms with E-state index in [1.165, 1.54) is 4.90 Å². The van der Waals surface area contributed by atoms with Crippen molar-refractivity contribution in [3.05, 3.63) is 101 Å².